The van der Waals surface area contributed by atoms with Gasteiger partial charge in [-0.1, -0.05) is 30.3 Å². The minimum atomic E-state index is -0.429. The molecule has 2 heterocycles. The number of carbonyl (C=O) groups is 1. The molecule has 0 saturated heterocycles. The second-order valence-corrected chi connectivity index (χ2v) is 8.47. The average Bonchev–Trinajstić information content (AvgIpc) is 3.48. The van der Waals surface area contributed by atoms with Gasteiger partial charge in [-0.25, -0.2) is 0 Å². The molecule has 5 heteroatoms. The molecule has 158 valence electrons. The Balaban J connectivity index is 1.39. The quantitative estimate of drug-likeness (QED) is 0.645. The van der Waals surface area contributed by atoms with Crippen LogP contribution in [-0.4, -0.2) is 22.7 Å². The van der Waals surface area contributed by atoms with Gasteiger partial charge in [0.05, 0.1) is 17.7 Å². The number of pyridine rings is 1. The number of aliphatic hydroxyl groups excluding tert-OH is 1. The summed E-state index contributed by atoms with van der Waals surface area (Å²) in [5, 5.41) is 9.26. The monoisotopic (exact) mass is 415 g/mol. The predicted octanol–water partition coefficient (Wildman–Crippen LogP) is 4.43. The van der Waals surface area contributed by atoms with E-state index in [0.717, 1.165) is 63.4 Å². The summed E-state index contributed by atoms with van der Waals surface area (Å²) in [6.07, 6.45) is 3.90. The largest absolute Gasteiger partial charge is 0.454 e. The van der Waals surface area contributed by atoms with Gasteiger partial charge in [0.2, 0.25) is 6.79 Å². The molecular weight excluding hydrogens is 390 g/mol. The molecule has 0 bridgehead atoms. The van der Waals surface area contributed by atoms with Crippen LogP contribution in [0.3, 0.4) is 0 Å². The Bertz CT molecular complexity index is 1160. The second-order valence-electron chi connectivity index (χ2n) is 8.47. The third kappa shape index (κ3) is 3.39. The molecule has 1 aliphatic heterocycles. The van der Waals surface area contributed by atoms with Gasteiger partial charge in [-0.05, 0) is 66.6 Å². The molecule has 0 amide bonds. The Labute approximate surface area is 181 Å². The van der Waals surface area contributed by atoms with E-state index in [0.29, 0.717) is 6.42 Å². The van der Waals surface area contributed by atoms with Crippen LogP contribution in [0.25, 0.3) is 11.1 Å². The van der Waals surface area contributed by atoms with Gasteiger partial charge in [0.1, 0.15) is 5.78 Å². The minimum absolute atomic E-state index is 0.0305. The van der Waals surface area contributed by atoms with E-state index in [1.807, 2.05) is 55.6 Å². The molecule has 0 spiro atoms. The number of carbonyl (C=O) groups excluding carboxylic acids is 1. The highest BCUT2D eigenvalue weighted by atomic mass is 16.7. The number of Topliss-reactive ketones (excluding diaryl/α,β-unsaturated/α-hetero) is 1. The summed E-state index contributed by atoms with van der Waals surface area (Å²) in [5.41, 5.74) is 6.59. The molecule has 1 saturated carbocycles. The van der Waals surface area contributed by atoms with Crippen molar-refractivity contribution in [2.75, 3.05) is 6.79 Å². The smallest absolute Gasteiger partial charge is 0.231 e. The van der Waals surface area contributed by atoms with Crippen molar-refractivity contribution in [3.8, 4) is 22.6 Å². The van der Waals surface area contributed by atoms with Gasteiger partial charge >= 0.3 is 0 Å². The molecule has 1 aliphatic carbocycles. The van der Waals surface area contributed by atoms with E-state index >= 15 is 0 Å². The Morgan fingerprint density at radius 1 is 1.03 bits per heavy atom. The highest BCUT2D eigenvalue weighted by Gasteiger charge is 2.51. The topological polar surface area (TPSA) is 68.7 Å². The number of aliphatic hydroxyl groups is 1. The normalized spacial score (nSPS) is 15.7. The van der Waals surface area contributed by atoms with Crippen LogP contribution < -0.4 is 9.47 Å². The summed E-state index contributed by atoms with van der Waals surface area (Å²) in [6, 6.07) is 13.7. The Hall–Kier alpha value is -3.18. The number of hydrogen-bond acceptors (Lipinski definition) is 5. The molecule has 0 atom stereocenters. The summed E-state index contributed by atoms with van der Waals surface area (Å²) in [5.74, 6) is 1.67. The lowest BCUT2D eigenvalue weighted by Crippen LogP contribution is -2.23. The first kappa shape index (κ1) is 19.8. The number of nitrogens with zero attached hydrogens (tertiary/aromatic N) is 1. The molecule has 31 heavy (non-hydrogen) atoms. The van der Waals surface area contributed by atoms with Crippen LogP contribution in [0.2, 0.25) is 0 Å². The van der Waals surface area contributed by atoms with Crippen molar-refractivity contribution in [1.29, 1.82) is 0 Å². The Morgan fingerprint density at radius 2 is 1.77 bits per heavy atom. The van der Waals surface area contributed by atoms with Crippen molar-refractivity contribution in [2.24, 2.45) is 0 Å². The van der Waals surface area contributed by atoms with Crippen molar-refractivity contribution in [3.05, 3.63) is 76.6 Å². The lowest BCUT2D eigenvalue weighted by atomic mass is 9.87. The van der Waals surface area contributed by atoms with Crippen LogP contribution >= 0.6 is 0 Å². The summed E-state index contributed by atoms with van der Waals surface area (Å²) in [7, 11) is 0. The van der Waals surface area contributed by atoms with Crippen LogP contribution in [0.15, 0.2) is 48.7 Å². The maximum absolute atomic E-state index is 13.4. The summed E-state index contributed by atoms with van der Waals surface area (Å²) in [6.45, 7) is 4.38. The number of ether oxygens (including phenoxy) is 2. The van der Waals surface area contributed by atoms with Gasteiger partial charge in [-0.3, -0.25) is 9.78 Å². The summed E-state index contributed by atoms with van der Waals surface area (Å²) >= 11 is 0. The number of rotatable bonds is 6. The molecular formula is C26H25NO4. The van der Waals surface area contributed by atoms with E-state index in [1.54, 1.807) is 0 Å². The molecule has 2 aliphatic rings. The molecule has 1 N–H and O–H groups in total. The fraction of sp³-hybridized carbons (Fsp3) is 0.308. The highest BCUT2D eigenvalue weighted by Crippen LogP contribution is 2.51. The number of benzene rings is 2. The van der Waals surface area contributed by atoms with Crippen molar-refractivity contribution in [2.45, 2.75) is 45.1 Å². The first-order valence-electron chi connectivity index (χ1n) is 10.6. The molecule has 1 fully saturated rings. The average molecular weight is 415 g/mol. The van der Waals surface area contributed by atoms with Crippen molar-refractivity contribution in [1.82, 2.24) is 4.98 Å². The van der Waals surface area contributed by atoms with E-state index in [4.69, 9.17) is 9.47 Å². The highest BCUT2D eigenvalue weighted by molar-refractivity contribution is 5.94. The fourth-order valence-corrected chi connectivity index (χ4v) is 4.38. The first-order chi connectivity index (χ1) is 15.0. The van der Waals surface area contributed by atoms with Gasteiger partial charge in [-0.15, -0.1) is 0 Å². The van der Waals surface area contributed by atoms with Gasteiger partial charge in [0.15, 0.2) is 11.5 Å². The van der Waals surface area contributed by atoms with E-state index in [-0.39, 0.29) is 19.2 Å². The van der Waals surface area contributed by atoms with Crippen LogP contribution in [-0.2, 0) is 23.2 Å². The third-order valence-electron chi connectivity index (χ3n) is 6.73. The first-order valence-corrected chi connectivity index (χ1v) is 10.6. The number of hydrogen-bond donors (Lipinski definition) is 1. The van der Waals surface area contributed by atoms with Crippen LogP contribution in [0.1, 0.15) is 40.8 Å². The zero-order chi connectivity index (χ0) is 21.6. The lowest BCUT2D eigenvalue weighted by molar-refractivity contribution is -0.120. The van der Waals surface area contributed by atoms with Crippen molar-refractivity contribution >= 4 is 5.78 Å². The zero-order valence-electron chi connectivity index (χ0n) is 17.8. The molecule has 5 nitrogen and oxygen atoms in total. The number of ketones is 1. The fourth-order valence-electron chi connectivity index (χ4n) is 4.38. The Morgan fingerprint density at radius 3 is 2.48 bits per heavy atom. The molecule has 1 aromatic heterocycles. The standard InChI is InChI=1S/C26H25NO4/c1-16-17(2)22(27-13-21(16)19-5-3-18(14-28)4-6-19)12-25(29)26(9-10-26)20-7-8-23-24(11-20)31-15-30-23/h3-8,11,13,28H,9-10,12,14-15H2,1-2H3. The second kappa shape index (κ2) is 7.50. The van der Waals surface area contributed by atoms with Crippen molar-refractivity contribution < 1.29 is 19.4 Å². The molecule has 3 aromatic rings. The Kier molecular flexibility index (Phi) is 4.78. The van der Waals surface area contributed by atoms with Crippen LogP contribution in [0.4, 0.5) is 0 Å². The van der Waals surface area contributed by atoms with Crippen LogP contribution in [0, 0.1) is 13.8 Å². The maximum Gasteiger partial charge on any atom is 0.231 e. The van der Waals surface area contributed by atoms with E-state index in [9.17, 15) is 9.90 Å². The van der Waals surface area contributed by atoms with E-state index in [1.165, 1.54) is 0 Å². The third-order valence-corrected chi connectivity index (χ3v) is 6.73. The number of aromatic nitrogens is 1. The lowest BCUT2D eigenvalue weighted by Gasteiger charge is -2.17. The van der Waals surface area contributed by atoms with Gasteiger partial charge in [0.25, 0.3) is 0 Å². The van der Waals surface area contributed by atoms with Gasteiger partial charge in [-0.2, -0.15) is 0 Å². The molecule has 0 radical (unpaired) electrons. The van der Waals surface area contributed by atoms with Gasteiger partial charge in [0, 0.05) is 18.2 Å². The molecule has 0 unspecified atom stereocenters. The van der Waals surface area contributed by atoms with Crippen molar-refractivity contribution in [3.63, 3.8) is 0 Å². The maximum atomic E-state index is 13.4. The summed E-state index contributed by atoms with van der Waals surface area (Å²) < 4.78 is 10.9. The van der Waals surface area contributed by atoms with Crippen LogP contribution in [0.5, 0.6) is 11.5 Å². The zero-order valence-corrected chi connectivity index (χ0v) is 17.8. The predicted molar refractivity (Wildman–Crippen MR) is 117 cm³/mol. The minimum Gasteiger partial charge on any atom is -0.454 e. The van der Waals surface area contributed by atoms with E-state index in [2.05, 4.69) is 11.9 Å². The van der Waals surface area contributed by atoms with Gasteiger partial charge < -0.3 is 14.6 Å². The molecule has 2 aromatic carbocycles. The molecule has 5 rings (SSSR count). The SMILES string of the molecule is Cc1c(-c2ccc(CO)cc2)cnc(CC(=O)C2(c3ccc4c(c3)OCO4)CC2)c1C. The summed E-state index contributed by atoms with van der Waals surface area (Å²) in [4.78, 5) is 18.0. The van der Waals surface area contributed by atoms with E-state index < -0.39 is 5.41 Å². The number of fused-ring (bicyclic) bond motifs is 1.